The molecule has 0 saturated carbocycles. The van der Waals surface area contributed by atoms with Gasteiger partial charge in [0.1, 0.15) is 41.2 Å². The molecule has 0 bridgehead atoms. The summed E-state index contributed by atoms with van der Waals surface area (Å²) in [5.74, 6) is 2.71. The van der Waals surface area contributed by atoms with E-state index in [1.54, 1.807) is 89.2 Å². The number of aromatic nitrogens is 8. The summed E-state index contributed by atoms with van der Waals surface area (Å²) >= 11 is 15.7. The molecule has 544 valence electrons. The number of Topliss-reactive ketones (excluding diaryl/α,β-unsaturated/α-hetero) is 2. The molecule has 3 aliphatic heterocycles. The first-order valence-electron chi connectivity index (χ1n) is 31.4. The monoisotopic (exact) mass is 1520 g/mol. The molecule has 25 nitrogen and oxygen atoms in total. The zero-order valence-corrected chi connectivity index (χ0v) is 66.5. The van der Waals surface area contributed by atoms with Gasteiger partial charge in [-0.1, -0.05) is 44.0 Å². The number of ketones is 2. The predicted octanol–water partition coefficient (Wildman–Crippen LogP) is 5.04. The van der Waals surface area contributed by atoms with Gasteiger partial charge in [-0.05, 0) is 133 Å². The number of aldehydes is 1. The number of halogens is 3. The van der Waals surface area contributed by atoms with E-state index >= 15 is 0 Å². The number of carboxylic acid groups (broad SMARTS) is 1. The molecule has 1 fully saturated rings. The number of aliphatic hydroxyl groups excluding tert-OH is 1. The molecule has 1 amide bonds. The van der Waals surface area contributed by atoms with Crippen molar-refractivity contribution in [2.45, 2.75) is 145 Å². The van der Waals surface area contributed by atoms with Crippen LogP contribution in [0.2, 0.25) is 10.0 Å². The Morgan fingerprint density at radius 1 is 0.696 bits per heavy atom. The van der Waals surface area contributed by atoms with Crippen molar-refractivity contribution >= 4 is 112 Å². The number of aliphatic carboxylic acids is 1. The Labute approximate surface area is 673 Å². The van der Waals surface area contributed by atoms with Crippen molar-refractivity contribution in [1.29, 1.82) is 0 Å². The van der Waals surface area contributed by atoms with Crippen molar-refractivity contribution in [3.05, 3.63) is 171 Å². The van der Waals surface area contributed by atoms with Crippen molar-refractivity contribution in [3.63, 3.8) is 0 Å². The molecule has 3 unspecified atom stereocenters. The van der Waals surface area contributed by atoms with Gasteiger partial charge in [-0.15, -0.1) is 40.7 Å². The molecule has 1 saturated heterocycles. The van der Waals surface area contributed by atoms with E-state index in [2.05, 4.69) is 31.3 Å². The average molecular weight is 1530 g/mol. The number of fused-ring (bicyclic) bond motifs is 2. The summed E-state index contributed by atoms with van der Waals surface area (Å²) in [6.45, 7) is 23.0. The van der Waals surface area contributed by atoms with Crippen LogP contribution in [0.3, 0.4) is 0 Å². The van der Waals surface area contributed by atoms with Crippen LogP contribution in [0.1, 0.15) is 141 Å². The van der Waals surface area contributed by atoms with Gasteiger partial charge in [0, 0.05) is 147 Å². The van der Waals surface area contributed by atoms with E-state index < -0.39 is 17.9 Å². The molecule has 9 heterocycles. The minimum Gasteiger partial charge on any atom is -0.870 e. The third kappa shape index (κ3) is 32.4. The molecule has 2 aromatic carbocycles. The number of hydrogen-bond donors (Lipinski definition) is 4. The van der Waals surface area contributed by atoms with E-state index in [1.165, 1.54) is 40.9 Å². The smallest absolute Gasteiger partial charge is 0.870 e. The molecular formula is C70H89Cl3KLiN10O15S2. The molecule has 8 aromatic rings. The van der Waals surface area contributed by atoms with Crippen molar-refractivity contribution in [3.8, 4) is 32.4 Å². The number of rotatable bonds is 19. The van der Waals surface area contributed by atoms with Gasteiger partial charge in [0.15, 0.2) is 30.0 Å². The van der Waals surface area contributed by atoms with Crippen LogP contribution in [0.15, 0.2) is 116 Å². The molecule has 0 spiro atoms. The Morgan fingerprint density at radius 3 is 1.44 bits per heavy atom. The van der Waals surface area contributed by atoms with Crippen molar-refractivity contribution in [1.82, 2.24) is 43.5 Å². The number of benzene rings is 2. The summed E-state index contributed by atoms with van der Waals surface area (Å²) in [7, 11) is 0. The molecule has 11 rings (SSSR count). The van der Waals surface area contributed by atoms with Crippen LogP contribution in [0, 0.1) is 0 Å². The number of carbonyl (C=O) groups excluding carboxylic acids is 5. The molecule has 32 heteroatoms. The molecular weight excluding hydrogens is 1440 g/mol. The van der Waals surface area contributed by atoms with Crippen LogP contribution in [0.4, 0.5) is 0 Å². The standard InChI is InChI=1S/C23H22ClN3O3S.C15H14ClNO2S.C10H14N2O2.C8H10N2O2.C6H8N2O.C4H8O2.C4H9O.ClH.K.Li.2H2O/c1-3-27-9-8-25-21(27)6-7-22(29)26-13-17-11-16-10-15(12-18(24)23(16)30-17)20-5-4-19(31-20)14(2)28;1-8(18)13-2-3-14(20-13)9-4-10-5-11(7-17)19-15(10)12(16)6-9;1-3-12-8-7-11-9(12)5-6-10(13)14-4-2;1-2-10-6-5-9-7(10)3-4-8(11)12;1-2-8-4-3-7-6(8)5-9;5-4-2-1-3-6-4;1-4(2,3)5;;;;;/h4-10,12,17H,3,11,13H2,1-2H3,(H,26,29);2-4,6,11H,5,7,17H2,1H3;5-8H,3-4H2,1-2H3;3-6H,2H2,1H3,(H,11,12);3-5H,2H2,1H3;4-5H,1-3H2;1-3H3;1H;;;2*1H2/q;;;;;;-1;;2*+1;;/p-1/b7-6+;;6-5+;4-3+;;;;;;;;. The van der Waals surface area contributed by atoms with E-state index in [1.807, 2.05) is 102 Å². The topological polar surface area (TPSA) is 374 Å². The number of aliphatic hydroxyl groups is 1. The van der Waals surface area contributed by atoms with E-state index in [0.29, 0.717) is 53.6 Å². The summed E-state index contributed by atoms with van der Waals surface area (Å²) in [6.07, 6.45) is 26.2. The summed E-state index contributed by atoms with van der Waals surface area (Å²) in [5, 5.41) is 31.0. The Kier molecular flexibility index (Phi) is 46.5. The fraction of sp³-hybridized carbons (Fsp3) is 0.371. The van der Waals surface area contributed by atoms with Gasteiger partial charge in [-0.25, -0.2) is 29.5 Å². The molecule has 3 aliphatic rings. The van der Waals surface area contributed by atoms with Crippen molar-refractivity contribution < 1.29 is 144 Å². The maximum Gasteiger partial charge on any atom is 1.00 e. The second kappa shape index (κ2) is 49.5. The van der Waals surface area contributed by atoms with E-state index in [0.717, 1.165) is 124 Å². The number of aryl methyl sites for hydroxylation is 4. The van der Waals surface area contributed by atoms with Gasteiger partial charge in [-0.3, -0.25) is 19.2 Å². The normalized spacial score (nSPS) is 14.1. The largest absolute Gasteiger partial charge is 1.00 e. The van der Waals surface area contributed by atoms with Crippen molar-refractivity contribution in [2.75, 3.05) is 26.3 Å². The van der Waals surface area contributed by atoms with E-state index in [-0.39, 0.29) is 129 Å². The molecule has 8 N–H and O–H groups in total. The third-order valence-corrected chi connectivity index (χ3v) is 16.8. The number of nitrogens with one attached hydrogen (secondary N) is 1. The quantitative estimate of drug-likeness (QED) is 0.0271. The van der Waals surface area contributed by atoms with E-state index in [9.17, 15) is 33.9 Å². The van der Waals surface area contributed by atoms with Crippen LogP contribution < -0.4 is 95.9 Å². The van der Waals surface area contributed by atoms with Gasteiger partial charge in [0.05, 0.1) is 33.0 Å². The van der Waals surface area contributed by atoms with Crippen LogP contribution in [-0.4, -0.2) is 145 Å². The number of hydrogen-bond acceptors (Lipinski definition) is 20. The van der Waals surface area contributed by atoms with Gasteiger partial charge in [-0.2, -0.15) is 0 Å². The summed E-state index contributed by atoms with van der Waals surface area (Å²) < 4.78 is 28.7. The first-order chi connectivity index (χ1) is 46.3. The molecule has 3 atom stereocenters. The third-order valence-electron chi connectivity index (χ3n) is 13.7. The number of nitrogens with two attached hydrogens (primary N) is 1. The number of carboxylic acids is 1. The fourth-order valence-electron chi connectivity index (χ4n) is 9.08. The summed E-state index contributed by atoms with van der Waals surface area (Å²) in [4.78, 5) is 86.1. The second-order valence-corrected chi connectivity index (χ2v) is 25.3. The van der Waals surface area contributed by atoms with E-state index in [4.69, 9.17) is 58.1 Å². The number of thiophene rings is 2. The minimum atomic E-state index is -0.958. The van der Waals surface area contributed by atoms with Gasteiger partial charge in [0.25, 0.3) is 0 Å². The van der Waals surface area contributed by atoms with Crippen LogP contribution in [-0.2, 0) is 62.9 Å². The molecule has 6 aromatic heterocycles. The number of nitrogens with zero attached hydrogens (tertiary/aromatic N) is 8. The minimum absolute atomic E-state index is 0. The summed E-state index contributed by atoms with van der Waals surface area (Å²) in [5.41, 5.74) is 8.96. The van der Waals surface area contributed by atoms with Gasteiger partial charge >= 0.3 is 82.2 Å². The van der Waals surface area contributed by atoms with Crippen LogP contribution >= 0.6 is 58.3 Å². The van der Waals surface area contributed by atoms with Gasteiger partial charge in [0.2, 0.25) is 5.91 Å². The molecule has 102 heavy (non-hydrogen) atoms. The summed E-state index contributed by atoms with van der Waals surface area (Å²) in [6, 6.07) is 15.4. The van der Waals surface area contributed by atoms with Crippen LogP contribution in [0.5, 0.6) is 11.5 Å². The second-order valence-electron chi connectivity index (χ2n) is 22.3. The molecule has 0 radical (unpaired) electrons. The Bertz CT molecular complexity index is 3960. The SMILES string of the molecule is CC(=O)c1ccc(-c2cc(Cl)c3c(c2)CC(CN)O3)s1.CC(C)(C)[O-].CCOC(=O)/C=C/c1nccn1CC.CCn1ccnc1/C=C/C(=O)NCC1Cc2cc(-c3ccc(C(C)=O)s3)cc(Cl)c2O1.CCn1ccnc1/C=C/C(=O)O.CCn1ccnc1C=O.Cl.O.OC1CCCO1.[K+].[Li+].[OH-]. The number of esters is 1. The Hall–Kier alpha value is -6.22. The first kappa shape index (κ1) is 95.8. The zero-order valence-electron chi connectivity index (χ0n) is 59.5. The predicted molar refractivity (Wildman–Crippen MR) is 390 cm³/mol. The molecule has 0 aliphatic carbocycles. The maximum absolute atomic E-state index is 12.2. The zero-order chi connectivity index (χ0) is 71.2. The van der Waals surface area contributed by atoms with Crippen molar-refractivity contribution in [2.24, 2.45) is 5.73 Å². The maximum atomic E-state index is 12.2. The van der Waals surface area contributed by atoms with Crippen LogP contribution in [0.25, 0.3) is 39.1 Å². The average Bonchev–Trinajstić information content (AvgIpc) is 1.64. The van der Waals surface area contributed by atoms with Gasteiger partial charge < -0.3 is 74.5 Å². The fourth-order valence-corrected chi connectivity index (χ4v) is 11.4. The Balaban J connectivity index is 0.00000125. The number of ether oxygens (including phenoxy) is 4. The number of amides is 1. The number of imidazole rings is 4. The number of carbonyl (C=O) groups is 6. The Morgan fingerprint density at radius 2 is 1.10 bits per heavy atom. The first-order valence-corrected chi connectivity index (χ1v) is 33.8.